The second-order valence-corrected chi connectivity index (χ2v) is 4.79. The maximum absolute atomic E-state index is 11.8. The highest BCUT2D eigenvalue weighted by molar-refractivity contribution is 5.75. The van der Waals surface area contributed by atoms with Gasteiger partial charge in [0.25, 0.3) is 0 Å². The van der Waals surface area contributed by atoms with Gasteiger partial charge >= 0.3 is 0 Å². The zero-order valence-corrected chi connectivity index (χ0v) is 12.3. The van der Waals surface area contributed by atoms with Gasteiger partial charge in [-0.1, -0.05) is 18.2 Å². The highest BCUT2D eigenvalue weighted by Gasteiger charge is 2.04. The van der Waals surface area contributed by atoms with E-state index in [1.54, 1.807) is 12.3 Å². The standard InChI is InChI=1S/C16H15N5O2/c22-15(10-21-12-17-11-20-21)19-9-13-4-3-5-14(8-13)23-16-6-1-2-7-18-16/h1-8,11-12H,9-10H2,(H,19,22). The molecule has 0 fully saturated rings. The summed E-state index contributed by atoms with van der Waals surface area (Å²) in [6.07, 6.45) is 4.57. The van der Waals surface area contributed by atoms with Crippen molar-refractivity contribution in [3.63, 3.8) is 0 Å². The summed E-state index contributed by atoms with van der Waals surface area (Å²) >= 11 is 0. The minimum atomic E-state index is -0.133. The molecule has 1 amide bonds. The van der Waals surface area contributed by atoms with Crippen LogP contribution < -0.4 is 10.1 Å². The topological polar surface area (TPSA) is 81.9 Å². The Morgan fingerprint density at radius 2 is 2.17 bits per heavy atom. The third-order valence-electron chi connectivity index (χ3n) is 3.02. The lowest BCUT2D eigenvalue weighted by molar-refractivity contribution is -0.122. The SMILES string of the molecule is O=C(Cn1cncn1)NCc1cccc(Oc2ccccn2)c1. The van der Waals surface area contributed by atoms with Crippen molar-refractivity contribution in [3.05, 3.63) is 66.9 Å². The van der Waals surface area contributed by atoms with Gasteiger partial charge in [-0.3, -0.25) is 4.79 Å². The third-order valence-corrected chi connectivity index (χ3v) is 3.02. The summed E-state index contributed by atoms with van der Waals surface area (Å²) in [5, 5.41) is 6.72. The molecule has 23 heavy (non-hydrogen) atoms. The molecule has 0 radical (unpaired) electrons. The second-order valence-electron chi connectivity index (χ2n) is 4.79. The first-order chi connectivity index (χ1) is 11.3. The fourth-order valence-corrected chi connectivity index (χ4v) is 1.97. The molecule has 0 aliphatic heterocycles. The molecule has 116 valence electrons. The van der Waals surface area contributed by atoms with E-state index in [1.165, 1.54) is 17.3 Å². The number of carbonyl (C=O) groups is 1. The Morgan fingerprint density at radius 3 is 2.96 bits per heavy atom. The van der Waals surface area contributed by atoms with E-state index in [-0.39, 0.29) is 12.5 Å². The Morgan fingerprint density at radius 1 is 1.22 bits per heavy atom. The van der Waals surface area contributed by atoms with E-state index in [0.717, 1.165) is 5.56 Å². The van der Waals surface area contributed by atoms with Crippen LogP contribution in [0.25, 0.3) is 0 Å². The van der Waals surface area contributed by atoms with Crippen LogP contribution in [0.4, 0.5) is 0 Å². The van der Waals surface area contributed by atoms with Crippen molar-refractivity contribution in [3.8, 4) is 11.6 Å². The van der Waals surface area contributed by atoms with Gasteiger partial charge < -0.3 is 10.1 Å². The number of nitrogens with one attached hydrogen (secondary N) is 1. The van der Waals surface area contributed by atoms with Crippen LogP contribution in [0.2, 0.25) is 0 Å². The van der Waals surface area contributed by atoms with E-state index in [4.69, 9.17) is 4.74 Å². The number of rotatable bonds is 6. The second kappa shape index (κ2) is 7.17. The Hall–Kier alpha value is -3.22. The first-order valence-electron chi connectivity index (χ1n) is 7.06. The minimum absolute atomic E-state index is 0.133. The average Bonchev–Trinajstić information content (AvgIpc) is 3.07. The molecule has 1 aromatic carbocycles. The van der Waals surface area contributed by atoms with E-state index in [9.17, 15) is 4.79 Å². The molecule has 0 aliphatic rings. The number of aromatic nitrogens is 4. The van der Waals surface area contributed by atoms with Crippen LogP contribution in [-0.4, -0.2) is 25.7 Å². The average molecular weight is 309 g/mol. The van der Waals surface area contributed by atoms with Gasteiger partial charge in [0.2, 0.25) is 11.8 Å². The number of nitrogens with zero attached hydrogens (tertiary/aromatic N) is 4. The summed E-state index contributed by atoms with van der Waals surface area (Å²) in [7, 11) is 0. The predicted octanol–water partition coefficient (Wildman–Crippen LogP) is 1.78. The maximum Gasteiger partial charge on any atom is 0.242 e. The van der Waals surface area contributed by atoms with Gasteiger partial charge in [-0.25, -0.2) is 14.6 Å². The van der Waals surface area contributed by atoms with Gasteiger partial charge in [-0.15, -0.1) is 0 Å². The summed E-state index contributed by atoms with van der Waals surface area (Å²) in [6.45, 7) is 0.553. The molecule has 0 bridgehead atoms. The lowest BCUT2D eigenvalue weighted by atomic mass is 10.2. The summed E-state index contributed by atoms with van der Waals surface area (Å²) in [5.74, 6) is 1.07. The Balaban J connectivity index is 1.56. The summed E-state index contributed by atoms with van der Waals surface area (Å²) < 4.78 is 7.13. The molecule has 1 N–H and O–H groups in total. The highest BCUT2D eigenvalue weighted by atomic mass is 16.5. The first kappa shape index (κ1) is 14.7. The smallest absolute Gasteiger partial charge is 0.242 e. The number of amides is 1. The van der Waals surface area contributed by atoms with Gasteiger partial charge in [0.05, 0.1) is 0 Å². The lowest BCUT2D eigenvalue weighted by Gasteiger charge is -2.08. The fraction of sp³-hybridized carbons (Fsp3) is 0.125. The van der Waals surface area contributed by atoms with Crippen molar-refractivity contribution in [1.29, 1.82) is 0 Å². The number of benzene rings is 1. The largest absolute Gasteiger partial charge is 0.439 e. The number of ether oxygens (including phenoxy) is 1. The number of hydrogen-bond acceptors (Lipinski definition) is 5. The molecule has 0 aliphatic carbocycles. The van der Waals surface area contributed by atoms with E-state index < -0.39 is 0 Å². The van der Waals surface area contributed by atoms with Crippen LogP contribution in [0.1, 0.15) is 5.56 Å². The molecular weight excluding hydrogens is 294 g/mol. The predicted molar refractivity (Wildman–Crippen MR) is 82.6 cm³/mol. The zero-order valence-electron chi connectivity index (χ0n) is 12.3. The summed E-state index contributed by atoms with van der Waals surface area (Å²) in [4.78, 5) is 19.7. The number of hydrogen-bond donors (Lipinski definition) is 1. The molecule has 0 spiro atoms. The lowest BCUT2D eigenvalue weighted by Crippen LogP contribution is -2.27. The van der Waals surface area contributed by atoms with Crippen molar-refractivity contribution in [1.82, 2.24) is 25.1 Å². The van der Waals surface area contributed by atoms with Crippen LogP contribution in [0.5, 0.6) is 11.6 Å². The molecule has 0 saturated heterocycles. The molecule has 3 aromatic rings. The van der Waals surface area contributed by atoms with Crippen LogP contribution in [0.3, 0.4) is 0 Å². The van der Waals surface area contributed by atoms with E-state index >= 15 is 0 Å². The molecule has 3 rings (SSSR count). The van der Waals surface area contributed by atoms with Crippen LogP contribution in [-0.2, 0) is 17.9 Å². The molecule has 0 saturated carbocycles. The van der Waals surface area contributed by atoms with Crippen molar-refractivity contribution >= 4 is 5.91 Å². The zero-order chi connectivity index (χ0) is 15.9. The third kappa shape index (κ3) is 4.37. The first-order valence-corrected chi connectivity index (χ1v) is 7.06. The molecule has 0 unspecified atom stereocenters. The van der Waals surface area contributed by atoms with Gasteiger partial charge in [-0.2, -0.15) is 5.10 Å². The van der Waals surface area contributed by atoms with Crippen LogP contribution in [0.15, 0.2) is 61.3 Å². The monoisotopic (exact) mass is 309 g/mol. The quantitative estimate of drug-likeness (QED) is 0.750. The van der Waals surface area contributed by atoms with Crippen molar-refractivity contribution in [2.24, 2.45) is 0 Å². The summed E-state index contributed by atoms with van der Waals surface area (Å²) in [6, 6.07) is 13.0. The van der Waals surface area contributed by atoms with Gasteiger partial charge in [-0.05, 0) is 23.8 Å². The van der Waals surface area contributed by atoms with Crippen molar-refractivity contribution in [2.75, 3.05) is 0 Å². The van der Waals surface area contributed by atoms with Crippen molar-refractivity contribution < 1.29 is 9.53 Å². The van der Waals surface area contributed by atoms with Crippen molar-refractivity contribution in [2.45, 2.75) is 13.1 Å². The molecular formula is C16H15N5O2. The number of pyridine rings is 1. The van der Waals surface area contributed by atoms with E-state index in [2.05, 4.69) is 20.4 Å². The van der Waals surface area contributed by atoms with E-state index in [1.807, 2.05) is 36.4 Å². The molecule has 7 nitrogen and oxygen atoms in total. The van der Waals surface area contributed by atoms with Gasteiger partial charge in [0, 0.05) is 18.8 Å². The molecule has 2 aromatic heterocycles. The molecule has 0 atom stereocenters. The molecule has 7 heteroatoms. The fourth-order valence-electron chi connectivity index (χ4n) is 1.97. The Bertz CT molecular complexity index is 759. The van der Waals surface area contributed by atoms with E-state index in [0.29, 0.717) is 18.2 Å². The number of carbonyl (C=O) groups excluding carboxylic acids is 1. The summed E-state index contributed by atoms with van der Waals surface area (Å²) in [5.41, 5.74) is 0.936. The Kier molecular flexibility index (Phi) is 4.58. The van der Waals surface area contributed by atoms with Gasteiger partial charge in [0.1, 0.15) is 24.9 Å². The minimum Gasteiger partial charge on any atom is -0.439 e. The highest BCUT2D eigenvalue weighted by Crippen LogP contribution is 2.19. The van der Waals surface area contributed by atoms with Crippen LogP contribution in [0, 0.1) is 0 Å². The normalized spacial score (nSPS) is 10.3. The maximum atomic E-state index is 11.8. The van der Waals surface area contributed by atoms with Crippen LogP contribution >= 0.6 is 0 Å². The van der Waals surface area contributed by atoms with Gasteiger partial charge in [0.15, 0.2) is 0 Å². The molecule has 2 heterocycles. The Labute approximate surface area is 133 Å².